The first-order valence-corrected chi connectivity index (χ1v) is 7.73. The molecule has 0 bridgehead atoms. The summed E-state index contributed by atoms with van der Waals surface area (Å²) in [5.41, 5.74) is 0.829. The van der Waals surface area contributed by atoms with Crippen LogP contribution in [0, 0.1) is 3.57 Å². The molecule has 0 radical (unpaired) electrons. The van der Waals surface area contributed by atoms with E-state index in [4.69, 9.17) is 23.2 Å². The summed E-state index contributed by atoms with van der Waals surface area (Å²) in [4.78, 5) is 9.68. The summed E-state index contributed by atoms with van der Waals surface area (Å²) in [5, 5.41) is 3.88. The van der Waals surface area contributed by atoms with Gasteiger partial charge in [0.05, 0.1) is 15.4 Å². The third-order valence-corrected chi connectivity index (χ3v) is 4.73. The third kappa shape index (κ3) is 2.22. The molecule has 0 aliphatic rings. The topological polar surface area (TPSA) is 25.8 Å². The van der Waals surface area contributed by atoms with Crippen LogP contribution in [-0.2, 0) is 0 Å². The van der Waals surface area contributed by atoms with Gasteiger partial charge in [-0.25, -0.2) is 9.97 Å². The van der Waals surface area contributed by atoms with E-state index in [9.17, 15) is 0 Å². The van der Waals surface area contributed by atoms with E-state index in [1.165, 1.54) is 11.3 Å². The third-order valence-electron chi connectivity index (χ3n) is 2.43. The van der Waals surface area contributed by atoms with Crippen molar-refractivity contribution >= 4 is 68.0 Å². The summed E-state index contributed by atoms with van der Waals surface area (Å²) in [5.74, 6) is 0.578. The average Bonchev–Trinajstić information content (AvgIpc) is 2.76. The van der Waals surface area contributed by atoms with Crippen LogP contribution in [0.15, 0.2) is 29.6 Å². The first-order chi connectivity index (χ1) is 8.65. The van der Waals surface area contributed by atoms with E-state index in [1.807, 2.05) is 29.6 Å². The first-order valence-electron chi connectivity index (χ1n) is 5.01. The zero-order chi connectivity index (χ0) is 12.7. The Kier molecular flexibility index (Phi) is 3.44. The summed E-state index contributed by atoms with van der Waals surface area (Å²) in [6.07, 6.45) is 0. The van der Waals surface area contributed by atoms with Gasteiger partial charge in [0.1, 0.15) is 5.15 Å². The maximum Gasteiger partial charge on any atom is 0.173 e. The van der Waals surface area contributed by atoms with Crippen molar-refractivity contribution in [3.05, 3.63) is 43.4 Å². The van der Waals surface area contributed by atoms with Crippen LogP contribution in [0.3, 0.4) is 0 Å². The second kappa shape index (κ2) is 4.92. The van der Waals surface area contributed by atoms with E-state index >= 15 is 0 Å². The molecule has 90 valence electrons. The van der Waals surface area contributed by atoms with E-state index in [0.717, 1.165) is 19.4 Å². The molecule has 0 fully saturated rings. The van der Waals surface area contributed by atoms with Crippen molar-refractivity contribution in [1.82, 2.24) is 9.97 Å². The number of rotatable bonds is 1. The summed E-state index contributed by atoms with van der Waals surface area (Å²) in [6.45, 7) is 0. The highest BCUT2D eigenvalue weighted by Crippen LogP contribution is 2.33. The highest BCUT2D eigenvalue weighted by molar-refractivity contribution is 14.1. The van der Waals surface area contributed by atoms with Crippen LogP contribution in [-0.4, -0.2) is 9.97 Å². The number of hydrogen-bond donors (Lipinski definition) is 0. The monoisotopic (exact) mass is 406 g/mol. The van der Waals surface area contributed by atoms with Crippen molar-refractivity contribution < 1.29 is 0 Å². The number of halogens is 3. The fourth-order valence-corrected chi connectivity index (χ4v) is 3.41. The molecule has 6 heteroatoms. The lowest BCUT2D eigenvalue weighted by Gasteiger charge is -2.04. The van der Waals surface area contributed by atoms with Crippen LogP contribution in [0.2, 0.25) is 10.2 Å². The normalized spacial score (nSPS) is 11.1. The van der Waals surface area contributed by atoms with Gasteiger partial charge in [0.25, 0.3) is 0 Å². The molecule has 1 aromatic carbocycles. The zero-order valence-electron chi connectivity index (χ0n) is 8.82. The summed E-state index contributed by atoms with van der Waals surface area (Å²) < 4.78 is 1.10. The van der Waals surface area contributed by atoms with Gasteiger partial charge in [0.15, 0.2) is 5.82 Å². The first kappa shape index (κ1) is 12.6. The fraction of sp³-hybridized carbons (Fsp3) is 0. The molecular weight excluding hydrogens is 402 g/mol. The van der Waals surface area contributed by atoms with Gasteiger partial charge in [0, 0.05) is 8.96 Å². The molecule has 3 rings (SSSR count). The smallest absolute Gasteiger partial charge is 0.173 e. The Bertz CT molecular complexity index is 742. The average molecular weight is 407 g/mol. The molecular formula is C12H5Cl2IN2S. The summed E-state index contributed by atoms with van der Waals surface area (Å²) >= 11 is 16.0. The highest BCUT2D eigenvalue weighted by atomic mass is 127. The van der Waals surface area contributed by atoms with Crippen LogP contribution in [0.4, 0.5) is 0 Å². The molecule has 0 unspecified atom stereocenters. The van der Waals surface area contributed by atoms with E-state index in [0.29, 0.717) is 16.0 Å². The minimum atomic E-state index is 0.456. The van der Waals surface area contributed by atoms with Crippen LogP contribution in [0.25, 0.3) is 21.6 Å². The molecule has 2 heterocycles. The number of nitrogens with zero attached hydrogens (tertiary/aromatic N) is 2. The largest absolute Gasteiger partial charge is 0.227 e. The minimum absolute atomic E-state index is 0.456. The Labute approximate surface area is 131 Å². The van der Waals surface area contributed by atoms with Crippen LogP contribution >= 0.6 is 57.1 Å². The molecule has 18 heavy (non-hydrogen) atoms. The van der Waals surface area contributed by atoms with Crippen molar-refractivity contribution in [1.29, 1.82) is 0 Å². The van der Waals surface area contributed by atoms with Gasteiger partial charge in [-0.3, -0.25) is 0 Å². The Morgan fingerprint density at radius 3 is 2.67 bits per heavy atom. The molecule has 0 saturated carbocycles. The molecule has 2 aromatic heterocycles. The lowest BCUT2D eigenvalue weighted by molar-refractivity contribution is 1.24. The Hall–Kier alpha value is -0.430. The Morgan fingerprint density at radius 1 is 1.11 bits per heavy atom. The molecule has 2 nitrogen and oxygen atoms in total. The number of thiophene rings is 1. The number of benzene rings is 1. The van der Waals surface area contributed by atoms with E-state index in [2.05, 4.69) is 32.6 Å². The SMILES string of the molecule is Clc1ccsc1-c1nc(Cl)c2cc(I)ccc2n1. The second-order valence-electron chi connectivity index (χ2n) is 3.60. The van der Waals surface area contributed by atoms with Gasteiger partial charge in [-0.05, 0) is 52.2 Å². The quantitative estimate of drug-likeness (QED) is 0.406. The van der Waals surface area contributed by atoms with E-state index in [-0.39, 0.29) is 0 Å². The molecule has 3 aromatic rings. The highest BCUT2D eigenvalue weighted by Gasteiger charge is 2.12. The predicted molar refractivity (Wildman–Crippen MR) is 85.6 cm³/mol. The second-order valence-corrected chi connectivity index (χ2v) is 6.52. The maximum absolute atomic E-state index is 6.21. The molecule has 0 N–H and O–H groups in total. The molecule has 0 aliphatic carbocycles. The van der Waals surface area contributed by atoms with Crippen LogP contribution < -0.4 is 0 Å². The minimum Gasteiger partial charge on any atom is -0.227 e. The Balaban J connectivity index is 2.28. The molecule has 0 amide bonds. The fourth-order valence-electron chi connectivity index (χ4n) is 1.62. The van der Waals surface area contributed by atoms with Gasteiger partial charge in [-0.1, -0.05) is 23.2 Å². The number of hydrogen-bond acceptors (Lipinski definition) is 3. The number of fused-ring (bicyclic) bond motifs is 1. The van der Waals surface area contributed by atoms with Crippen molar-refractivity contribution in [3.8, 4) is 10.7 Å². The van der Waals surface area contributed by atoms with Crippen molar-refractivity contribution in [2.24, 2.45) is 0 Å². The lowest BCUT2D eigenvalue weighted by Crippen LogP contribution is -1.91. The van der Waals surface area contributed by atoms with Crippen molar-refractivity contribution in [3.63, 3.8) is 0 Å². The predicted octanol–water partition coefficient (Wildman–Crippen LogP) is 5.27. The Morgan fingerprint density at radius 2 is 1.94 bits per heavy atom. The van der Waals surface area contributed by atoms with Crippen molar-refractivity contribution in [2.45, 2.75) is 0 Å². The van der Waals surface area contributed by atoms with Crippen LogP contribution in [0.1, 0.15) is 0 Å². The van der Waals surface area contributed by atoms with Gasteiger partial charge in [-0.15, -0.1) is 11.3 Å². The number of aromatic nitrogens is 2. The van der Waals surface area contributed by atoms with Crippen molar-refractivity contribution in [2.75, 3.05) is 0 Å². The maximum atomic E-state index is 6.21. The zero-order valence-corrected chi connectivity index (χ0v) is 13.3. The molecule has 0 saturated heterocycles. The summed E-state index contributed by atoms with van der Waals surface area (Å²) in [7, 11) is 0. The van der Waals surface area contributed by atoms with Gasteiger partial charge in [0.2, 0.25) is 0 Å². The lowest BCUT2D eigenvalue weighted by atomic mass is 10.2. The summed E-state index contributed by atoms with van der Waals surface area (Å²) in [6, 6.07) is 7.73. The van der Waals surface area contributed by atoms with Gasteiger partial charge >= 0.3 is 0 Å². The van der Waals surface area contributed by atoms with E-state index < -0.39 is 0 Å². The van der Waals surface area contributed by atoms with Gasteiger partial charge in [-0.2, -0.15) is 0 Å². The molecule has 0 aliphatic heterocycles. The van der Waals surface area contributed by atoms with E-state index in [1.54, 1.807) is 0 Å². The molecule has 0 spiro atoms. The van der Waals surface area contributed by atoms with Gasteiger partial charge < -0.3 is 0 Å². The molecule has 0 atom stereocenters. The van der Waals surface area contributed by atoms with Crippen LogP contribution in [0.5, 0.6) is 0 Å². The standard InChI is InChI=1S/C12H5Cl2IN2S/c13-8-3-4-18-10(8)12-16-9-2-1-6(15)5-7(9)11(14)17-12/h1-5H.